The Morgan fingerprint density at radius 1 is 1.31 bits per heavy atom. The van der Waals surface area contributed by atoms with Gasteiger partial charge in [0.25, 0.3) is 0 Å². The lowest BCUT2D eigenvalue weighted by molar-refractivity contribution is 0.146. The number of halogens is 2. The molecule has 7 heteroatoms. The molecule has 1 N–H and O–H groups in total. The van der Waals surface area contributed by atoms with Crippen molar-refractivity contribution in [3.8, 4) is 10.4 Å². The molecule has 1 aromatic carbocycles. The zero-order chi connectivity index (χ0) is 17.2. The molecule has 0 saturated carbocycles. The van der Waals surface area contributed by atoms with Crippen LogP contribution >= 0.6 is 23.7 Å². The molecule has 2 aromatic heterocycles. The van der Waals surface area contributed by atoms with Crippen molar-refractivity contribution in [3.63, 3.8) is 0 Å². The van der Waals surface area contributed by atoms with E-state index >= 15 is 0 Å². The number of aryl methyl sites for hydroxylation is 1. The van der Waals surface area contributed by atoms with E-state index in [2.05, 4.69) is 31.9 Å². The summed E-state index contributed by atoms with van der Waals surface area (Å²) in [4.78, 5) is 9.41. The van der Waals surface area contributed by atoms with Crippen molar-refractivity contribution in [3.05, 3.63) is 65.3 Å². The molecule has 0 spiro atoms. The van der Waals surface area contributed by atoms with E-state index in [9.17, 15) is 4.39 Å². The second-order valence-corrected chi connectivity index (χ2v) is 7.53. The highest BCUT2D eigenvalue weighted by molar-refractivity contribution is 7.15. The van der Waals surface area contributed by atoms with E-state index in [-0.39, 0.29) is 24.3 Å². The smallest absolute Gasteiger partial charge is 0.127 e. The van der Waals surface area contributed by atoms with Gasteiger partial charge in [0.05, 0.1) is 6.04 Å². The number of hydrogen-bond acceptors (Lipinski definition) is 4. The second kappa shape index (κ2) is 8.31. The standard InChI is InChI=1S/C19H21FN4S.ClH/c1-23-9-8-22-19(23)17-12-21-7-10-24(17)13-16-5-6-18(25-16)14-3-2-4-15(20)11-14;/h2-6,8-9,11,17,21H,7,10,12-13H2,1H3;1H. The number of hydrogen-bond donors (Lipinski definition) is 1. The van der Waals surface area contributed by atoms with E-state index in [1.165, 1.54) is 10.9 Å². The monoisotopic (exact) mass is 392 g/mol. The average Bonchev–Trinajstić information content (AvgIpc) is 3.25. The first-order valence-electron chi connectivity index (χ1n) is 8.47. The number of aromatic nitrogens is 2. The number of piperazine rings is 1. The fourth-order valence-electron chi connectivity index (χ4n) is 3.35. The summed E-state index contributed by atoms with van der Waals surface area (Å²) in [7, 11) is 2.04. The number of imidazole rings is 1. The summed E-state index contributed by atoms with van der Waals surface area (Å²) in [6, 6.07) is 11.3. The Bertz CT molecular complexity index is 863. The first-order valence-corrected chi connectivity index (χ1v) is 9.29. The van der Waals surface area contributed by atoms with Gasteiger partial charge in [-0.2, -0.15) is 0 Å². The molecule has 0 radical (unpaired) electrons. The van der Waals surface area contributed by atoms with Gasteiger partial charge in [0.15, 0.2) is 0 Å². The van der Waals surface area contributed by atoms with Gasteiger partial charge in [-0.05, 0) is 29.8 Å². The van der Waals surface area contributed by atoms with Crippen molar-refractivity contribution < 1.29 is 4.39 Å². The Morgan fingerprint density at radius 2 is 2.19 bits per heavy atom. The number of nitrogens with zero attached hydrogens (tertiary/aromatic N) is 3. The van der Waals surface area contributed by atoms with Crippen molar-refractivity contribution >= 4 is 23.7 Å². The van der Waals surface area contributed by atoms with Crippen LogP contribution in [0.15, 0.2) is 48.8 Å². The Hall–Kier alpha value is -1.73. The molecule has 1 aliphatic heterocycles. The van der Waals surface area contributed by atoms with Gasteiger partial charge in [0, 0.05) is 55.4 Å². The molecule has 138 valence electrons. The molecule has 1 fully saturated rings. The van der Waals surface area contributed by atoms with Crippen LogP contribution in [0.4, 0.5) is 4.39 Å². The van der Waals surface area contributed by atoms with Crippen LogP contribution in [0.3, 0.4) is 0 Å². The van der Waals surface area contributed by atoms with E-state index in [0.717, 1.165) is 42.4 Å². The third kappa shape index (κ3) is 3.99. The predicted octanol–water partition coefficient (Wildman–Crippen LogP) is 3.86. The Kier molecular flexibility index (Phi) is 6.09. The predicted molar refractivity (Wildman–Crippen MR) is 106 cm³/mol. The molecular formula is C19H22ClFN4S. The van der Waals surface area contributed by atoms with Gasteiger partial charge in [0.1, 0.15) is 11.6 Å². The summed E-state index contributed by atoms with van der Waals surface area (Å²) in [5.74, 6) is 0.901. The van der Waals surface area contributed by atoms with Crippen LogP contribution < -0.4 is 5.32 Å². The molecule has 3 aromatic rings. The van der Waals surface area contributed by atoms with Gasteiger partial charge in [-0.25, -0.2) is 9.37 Å². The van der Waals surface area contributed by atoms with Crippen LogP contribution in [-0.2, 0) is 13.6 Å². The Morgan fingerprint density at radius 3 is 2.96 bits per heavy atom. The molecule has 1 aliphatic rings. The molecule has 4 nitrogen and oxygen atoms in total. The molecule has 3 heterocycles. The molecule has 1 unspecified atom stereocenters. The first kappa shape index (κ1) is 19.0. The van der Waals surface area contributed by atoms with Crippen LogP contribution in [-0.4, -0.2) is 34.1 Å². The van der Waals surface area contributed by atoms with Crippen LogP contribution in [0.2, 0.25) is 0 Å². The van der Waals surface area contributed by atoms with Crippen molar-refractivity contribution in [2.45, 2.75) is 12.6 Å². The minimum Gasteiger partial charge on any atom is -0.337 e. The van der Waals surface area contributed by atoms with Crippen molar-refractivity contribution in [1.29, 1.82) is 0 Å². The lowest BCUT2D eigenvalue weighted by Crippen LogP contribution is -2.46. The summed E-state index contributed by atoms with van der Waals surface area (Å²) in [6.07, 6.45) is 3.85. The van der Waals surface area contributed by atoms with E-state index in [4.69, 9.17) is 0 Å². The lowest BCUT2D eigenvalue weighted by atomic mass is 10.1. The highest BCUT2D eigenvalue weighted by atomic mass is 35.5. The molecule has 1 atom stereocenters. The summed E-state index contributed by atoms with van der Waals surface area (Å²) < 4.78 is 15.6. The maximum Gasteiger partial charge on any atom is 0.127 e. The average molecular weight is 393 g/mol. The Labute approximate surface area is 163 Å². The zero-order valence-corrected chi connectivity index (χ0v) is 16.2. The molecule has 4 rings (SSSR count). The fraction of sp³-hybridized carbons (Fsp3) is 0.316. The number of benzene rings is 1. The lowest BCUT2D eigenvalue weighted by Gasteiger charge is -2.35. The number of thiophene rings is 1. The maximum atomic E-state index is 13.5. The van der Waals surface area contributed by atoms with E-state index < -0.39 is 0 Å². The highest BCUT2D eigenvalue weighted by Gasteiger charge is 2.27. The minimum atomic E-state index is -0.190. The number of rotatable bonds is 4. The van der Waals surface area contributed by atoms with E-state index in [0.29, 0.717) is 0 Å². The SMILES string of the molecule is Cl.Cn1ccnc1C1CNCCN1Cc1ccc(-c2cccc(F)c2)s1. The maximum absolute atomic E-state index is 13.5. The summed E-state index contributed by atoms with van der Waals surface area (Å²) in [5.41, 5.74) is 0.942. The highest BCUT2D eigenvalue weighted by Crippen LogP contribution is 2.31. The van der Waals surface area contributed by atoms with Crippen LogP contribution in [0.1, 0.15) is 16.7 Å². The van der Waals surface area contributed by atoms with Crippen LogP contribution in [0.25, 0.3) is 10.4 Å². The van der Waals surface area contributed by atoms with Crippen molar-refractivity contribution in [1.82, 2.24) is 19.8 Å². The van der Waals surface area contributed by atoms with Crippen LogP contribution in [0, 0.1) is 5.82 Å². The van der Waals surface area contributed by atoms with Gasteiger partial charge in [-0.1, -0.05) is 12.1 Å². The Balaban J connectivity index is 0.00000196. The van der Waals surface area contributed by atoms with Crippen molar-refractivity contribution in [2.24, 2.45) is 7.05 Å². The summed E-state index contributed by atoms with van der Waals surface area (Å²) in [5, 5.41) is 3.47. The van der Waals surface area contributed by atoms with Gasteiger partial charge < -0.3 is 9.88 Å². The van der Waals surface area contributed by atoms with Gasteiger partial charge in [-0.3, -0.25) is 4.90 Å². The zero-order valence-electron chi connectivity index (χ0n) is 14.6. The largest absolute Gasteiger partial charge is 0.337 e. The van der Waals surface area contributed by atoms with Gasteiger partial charge >= 0.3 is 0 Å². The molecule has 0 bridgehead atoms. The third-order valence-corrected chi connectivity index (χ3v) is 5.76. The molecule has 0 amide bonds. The normalized spacial score (nSPS) is 17.8. The van der Waals surface area contributed by atoms with Crippen LogP contribution in [0.5, 0.6) is 0 Å². The minimum absolute atomic E-state index is 0. The first-order chi connectivity index (χ1) is 12.2. The van der Waals surface area contributed by atoms with Gasteiger partial charge in [0.2, 0.25) is 0 Å². The summed E-state index contributed by atoms with van der Waals surface area (Å²) >= 11 is 1.74. The quantitative estimate of drug-likeness (QED) is 0.732. The third-order valence-electron chi connectivity index (χ3n) is 4.64. The number of nitrogens with one attached hydrogen (secondary N) is 1. The van der Waals surface area contributed by atoms with Gasteiger partial charge in [-0.15, -0.1) is 23.7 Å². The molecular weight excluding hydrogens is 371 g/mol. The molecule has 1 saturated heterocycles. The second-order valence-electron chi connectivity index (χ2n) is 6.36. The van der Waals surface area contributed by atoms with E-state index in [1.807, 2.05) is 25.5 Å². The van der Waals surface area contributed by atoms with E-state index in [1.54, 1.807) is 23.5 Å². The molecule has 0 aliphatic carbocycles. The topological polar surface area (TPSA) is 33.1 Å². The molecule has 26 heavy (non-hydrogen) atoms. The van der Waals surface area contributed by atoms with Crippen molar-refractivity contribution in [2.75, 3.05) is 19.6 Å². The fourth-order valence-corrected chi connectivity index (χ4v) is 4.38. The summed E-state index contributed by atoms with van der Waals surface area (Å²) in [6.45, 7) is 3.78.